The molecule has 0 aliphatic carbocycles. The van der Waals surface area contributed by atoms with Gasteiger partial charge in [-0.25, -0.2) is 9.67 Å². The second-order valence-electron chi connectivity index (χ2n) is 7.80. The quantitative estimate of drug-likeness (QED) is 0.422. The molecule has 1 aromatic carbocycles. The van der Waals surface area contributed by atoms with Crippen molar-refractivity contribution >= 4 is 16.7 Å². The summed E-state index contributed by atoms with van der Waals surface area (Å²) in [7, 11) is 0. The Balaban J connectivity index is 1.50. The second kappa shape index (κ2) is 7.92. The number of ether oxygens (including phenoxy) is 1. The third-order valence-electron chi connectivity index (χ3n) is 5.57. The lowest BCUT2D eigenvalue weighted by Crippen LogP contribution is -2.16. The Morgan fingerprint density at radius 2 is 1.81 bits per heavy atom. The summed E-state index contributed by atoms with van der Waals surface area (Å²) in [5.41, 5.74) is 5.92. The van der Waals surface area contributed by atoms with Crippen molar-refractivity contribution in [2.24, 2.45) is 0 Å². The van der Waals surface area contributed by atoms with E-state index < -0.39 is 0 Å². The Bertz CT molecular complexity index is 1500. The van der Waals surface area contributed by atoms with Crippen molar-refractivity contribution in [1.29, 1.82) is 0 Å². The normalized spacial score (nSPS) is 11.3. The van der Waals surface area contributed by atoms with Crippen molar-refractivity contribution < 1.29 is 4.74 Å². The number of aryl methyl sites for hydroxylation is 3. The van der Waals surface area contributed by atoms with E-state index in [2.05, 4.69) is 36.2 Å². The predicted octanol–water partition coefficient (Wildman–Crippen LogP) is 4.19. The van der Waals surface area contributed by atoms with Gasteiger partial charge in [-0.05, 0) is 55.7 Å². The third kappa shape index (κ3) is 3.51. The number of nitrogens with zero attached hydrogens (tertiary/aromatic N) is 5. The summed E-state index contributed by atoms with van der Waals surface area (Å²) in [6.07, 6.45) is 2.69. The first-order valence-corrected chi connectivity index (χ1v) is 10.6. The second-order valence-corrected chi connectivity index (χ2v) is 7.80. The van der Waals surface area contributed by atoms with Gasteiger partial charge in [-0.15, -0.1) is 0 Å². The van der Waals surface area contributed by atoms with Crippen LogP contribution in [0.2, 0.25) is 0 Å². The van der Waals surface area contributed by atoms with Crippen molar-refractivity contribution in [2.75, 3.05) is 0 Å². The molecule has 0 saturated carbocycles. The van der Waals surface area contributed by atoms with Gasteiger partial charge in [0.25, 0.3) is 5.56 Å². The van der Waals surface area contributed by atoms with Gasteiger partial charge < -0.3 is 4.74 Å². The average Bonchev–Trinajstić information content (AvgIpc) is 3.14. The zero-order chi connectivity index (χ0) is 22.2. The monoisotopic (exact) mass is 425 g/mol. The maximum absolute atomic E-state index is 12.3. The molecule has 0 radical (unpaired) electrons. The highest BCUT2D eigenvalue weighted by Gasteiger charge is 2.15. The number of fused-ring (bicyclic) bond motifs is 2. The standard InChI is InChI=1S/C25H23N5O2/c1-4-18-8-10-20(11-9-18)30-25-24(17(3)28-30)16(2)13-22(27-25)32-15-19-14-23(31)29-12-6-5-7-21(29)26-19/h5-14H,4,15H2,1-3H3. The summed E-state index contributed by atoms with van der Waals surface area (Å²) in [5.74, 6) is 0.469. The highest BCUT2D eigenvalue weighted by atomic mass is 16.5. The van der Waals surface area contributed by atoms with Crippen LogP contribution in [0.15, 0.2) is 65.6 Å². The molecular weight excluding hydrogens is 402 g/mol. The molecule has 0 fully saturated rings. The minimum absolute atomic E-state index is 0.141. The van der Waals surface area contributed by atoms with E-state index in [0.717, 1.165) is 34.4 Å². The Morgan fingerprint density at radius 1 is 1.00 bits per heavy atom. The highest BCUT2D eigenvalue weighted by molar-refractivity contribution is 5.84. The summed E-state index contributed by atoms with van der Waals surface area (Å²) in [6, 6.07) is 17.2. The molecule has 0 aliphatic rings. The molecule has 0 unspecified atom stereocenters. The molecule has 5 rings (SSSR count). The van der Waals surface area contributed by atoms with Crippen LogP contribution in [-0.4, -0.2) is 24.1 Å². The van der Waals surface area contributed by atoms with E-state index in [4.69, 9.17) is 14.8 Å². The van der Waals surface area contributed by atoms with E-state index in [-0.39, 0.29) is 12.2 Å². The number of hydrogen-bond acceptors (Lipinski definition) is 5. The molecule has 4 heterocycles. The first-order valence-electron chi connectivity index (χ1n) is 10.6. The Labute approximate surface area is 185 Å². The Kier molecular flexibility index (Phi) is 4.93. The van der Waals surface area contributed by atoms with E-state index >= 15 is 0 Å². The van der Waals surface area contributed by atoms with Gasteiger partial charge >= 0.3 is 0 Å². The van der Waals surface area contributed by atoms with Crippen LogP contribution in [0.3, 0.4) is 0 Å². The molecule has 7 nitrogen and oxygen atoms in total. The molecule has 4 aromatic heterocycles. The van der Waals surface area contributed by atoms with Gasteiger partial charge in [0.15, 0.2) is 5.65 Å². The largest absolute Gasteiger partial charge is 0.471 e. The van der Waals surface area contributed by atoms with Crippen LogP contribution in [0.25, 0.3) is 22.4 Å². The van der Waals surface area contributed by atoms with Crippen molar-refractivity contribution in [3.8, 4) is 11.6 Å². The van der Waals surface area contributed by atoms with Crippen LogP contribution in [0.4, 0.5) is 0 Å². The zero-order valence-corrected chi connectivity index (χ0v) is 18.2. The fourth-order valence-corrected chi connectivity index (χ4v) is 3.93. The fourth-order valence-electron chi connectivity index (χ4n) is 3.93. The predicted molar refractivity (Wildman–Crippen MR) is 124 cm³/mol. The Morgan fingerprint density at radius 3 is 2.59 bits per heavy atom. The van der Waals surface area contributed by atoms with Gasteiger partial charge in [0.05, 0.1) is 17.1 Å². The molecule has 0 aliphatic heterocycles. The molecule has 0 N–H and O–H groups in total. The van der Waals surface area contributed by atoms with Gasteiger partial charge in [0, 0.05) is 23.7 Å². The van der Waals surface area contributed by atoms with Crippen LogP contribution in [0.1, 0.15) is 29.4 Å². The number of pyridine rings is 2. The van der Waals surface area contributed by atoms with Crippen LogP contribution < -0.4 is 10.3 Å². The molecule has 7 heteroatoms. The van der Waals surface area contributed by atoms with E-state index in [1.54, 1.807) is 18.3 Å². The van der Waals surface area contributed by atoms with E-state index in [1.807, 2.05) is 30.7 Å². The topological polar surface area (TPSA) is 74.3 Å². The average molecular weight is 425 g/mol. The number of aromatic nitrogens is 5. The highest BCUT2D eigenvalue weighted by Crippen LogP contribution is 2.27. The zero-order valence-electron chi connectivity index (χ0n) is 18.2. The first-order chi connectivity index (χ1) is 15.5. The number of hydrogen-bond donors (Lipinski definition) is 0. The van der Waals surface area contributed by atoms with Crippen molar-refractivity contribution in [2.45, 2.75) is 33.8 Å². The minimum atomic E-state index is -0.141. The lowest BCUT2D eigenvalue weighted by molar-refractivity contribution is 0.290. The molecule has 0 spiro atoms. The summed E-state index contributed by atoms with van der Waals surface area (Å²) in [5, 5.41) is 5.74. The number of rotatable bonds is 5. The molecule has 5 aromatic rings. The first kappa shape index (κ1) is 19.9. The summed E-state index contributed by atoms with van der Waals surface area (Å²) >= 11 is 0. The van der Waals surface area contributed by atoms with Crippen LogP contribution in [0, 0.1) is 13.8 Å². The van der Waals surface area contributed by atoms with Crippen molar-refractivity contribution in [3.63, 3.8) is 0 Å². The summed E-state index contributed by atoms with van der Waals surface area (Å²) < 4.78 is 9.31. The molecular formula is C25H23N5O2. The molecule has 0 saturated heterocycles. The van der Waals surface area contributed by atoms with Crippen molar-refractivity contribution in [1.82, 2.24) is 24.1 Å². The molecule has 160 valence electrons. The molecule has 0 amide bonds. The van der Waals surface area contributed by atoms with Gasteiger partial charge in [0.1, 0.15) is 12.3 Å². The summed E-state index contributed by atoms with van der Waals surface area (Å²) in [6.45, 7) is 6.30. The van der Waals surface area contributed by atoms with Crippen LogP contribution in [0.5, 0.6) is 5.88 Å². The van der Waals surface area contributed by atoms with Gasteiger partial charge in [-0.3, -0.25) is 9.20 Å². The summed E-state index contributed by atoms with van der Waals surface area (Å²) in [4.78, 5) is 21.6. The van der Waals surface area contributed by atoms with Gasteiger partial charge in [-0.1, -0.05) is 25.1 Å². The number of benzene rings is 1. The van der Waals surface area contributed by atoms with E-state index in [0.29, 0.717) is 17.2 Å². The molecule has 32 heavy (non-hydrogen) atoms. The smallest absolute Gasteiger partial charge is 0.258 e. The lowest BCUT2D eigenvalue weighted by Gasteiger charge is -2.09. The maximum Gasteiger partial charge on any atom is 0.258 e. The Hall–Kier alpha value is -4.00. The minimum Gasteiger partial charge on any atom is -0.471 e. The van der Waals surface area contributed by atoms with Gasteiger partial charge in [-0.2, -0.15) is 10.1 Å². The van der Waals surface area contributed by atoms with E-state index in [9.17, 15) is 4.79 Å². The molecule has 0 atom stereocenters. The van der Waals surface area contributed by atoms with E-state index in [1.165, 1.54) is 16.0 Å². The maximum atomic E-state index is 12.3. The third-order valence-corrected chi connectivity index (χ3v) is 5.57. The molecule has 0 bridgehead atoms. The van der Waals surface area contributed by atoms with Crippen LogP contribution >= 0.6 is 0 Å². The fraction of sp³-hybridized carbons (Fsp3) is 0.200. The lowest BCUT2D eigenvalue weighted by atomic mass is 10.1. The van der Waals surface area contributed by atoms with Crippen molar-refractivity contribution in [3.05, 3.63) is 93.7 Å². The van der Waals surface area contributed by atoms with Gasteiger partial charge in [0.2, 0.25) is 5.88 Å². The SMILES string of the molecule is CCc1ccc(-n2nc(C)c3c(C)cc(OCc4cc(=O)n5ccccc5n4)nc32)cc1. The van der Waals surface area contributed by atoms with Crippen LogP contribution in [-0.2, 0) is 13.0 Å².